The molecule has 0 heterocycles. The van der Waals surface area contributed by atoms with Gasteiger partial charge in [0.25, 0.3) is 0 Å². The van der Waals surface area contributed by atoms with Gasteiger partial charge in [0.2, 0.25) is 0 Å². The lowest BCUT2D eigenvalue weighted by molar-refractivity contribution is 0.0858. The van der Waals surface area contributed by atoms with E-state index in [9.17, 15) is 4.79 Å². The van der Waals surface area contributed by atoms with E-state index in [0.717, 1.165) is 12.0 Å². The topological polar surface area (TPSA) is 17.1 Å². The molecular formula is C17H26O. The molecule has 0 fully saturated rings. The number of hydrogen-bond donors (Lipinski definition) is 0. The molecule has 0 bridgehead atoms. The molecule has 0 aromatic heterocycles. The molecule has 0 spiro atoms. The van der Waals surface area contributed by atoms with Crippen molar-refractivity contribution < 1.29 is 4.79 Å². The van der Waals surface area contributed by atoms with Crippen molar-refractivity contribution in [3.05, 3.63) is 34.9 Å². The number of carbonyl (C=O) groups excluding carboxylic acids is 1. The summed E-state index contributed by atoms with van der Waals surface area (Å²) in [6, 6.07) is 6.12. The van der Waals surface area contributed by atoms with Gasteiger partial charge >= 0.3 is 0 Å². The molecule has 0 saturated carbocycles. The summed E-state index contributed by atoms with van der Waals surface area (Å²) < 4.78 is 0. The highest BCUT2D eigenvalue weighted by Gasteiger charge is 2.23. The van der Waals surface area contributed by atoms with Gasteiger partial charge in [-0.25, -0.2) is 0 Å². The predicted octanol–water partition coefficient (Wildman–Crippen LogP) is 4.81. The molecule has 0 amide bonds. The first-order valence-electron chi connectivity index (χ1n) is 6.65. The second-order valence-electron chi connectivity index (χ2n) is 7.46. The Labute approximate surface area is 112 Å². The summed E-state index contributed by atoms with van der Waals surface area (Å²) in [5.74, 6) is 0.216. The van der Waals surface area contributed by atoms with E-state index in [-0.39, 0.29) is 16.6 Å². The van der Waals surface area contributed by atoms with Crippen LogP contribution in [0.25, 0.3) is 0 Å². The maximum atomic E-state index is 12.2. The van der Waals surface area contributed by atoms with Gasteiger partial charge in [0.05, 0.1) is 0 Å². The standard InChI is InChI=1S/C17H26O/c1-12-10-13(15(18)17(5,6)7)8-9-14(12)11-16(2,3)4/h8-10H,11H2,1-7H3. The van der Waals surface area contributed by atoms with E-state index >= 15 is 0 Å². The quantitative estimate of drug-likeness (QED) is 0.684. The van der Waals surface area contributed by atoms with Gasteiger partial charge in [-0.05, 0) is 36.0 Å². The van der Waals surface area contributed by atoms with Crippen LogP contribution in [0.5, 0.6) is 0 Å². The summed E-state index contributed by atoms with van der Waals surface area (Å²) >= 11 is 0. The van der Waals surface area contributed by atoms with Crippen molar-refractivity contribution in [3.63, 3.8) is 0 Å². The third-order valence-electron chi connectivity index (χ3n) is 3.01. The summed E-state index contributed by atoms with van der Waals surface area (Å²) in [5, 5.41) is 0. The minimum absolute atomic E-state index is 0.216. The molecule has 1 heteroatoms. The Morgan fingerprint density at radius 1 is 1.06 bits per heavy atom. The second kappa shape index (κ2) is 4.87. The Hall–Kier alpha value is -1.11. The van der Waals surface area contributed by atoms with E-state index in [4.69, 9.17) is 0 Å². The van der Waals surface area contributed by atoms with Gasteiger partial charge < -0.3 is 0 Å². The van der Waals surface area contributed by atoms with E-state index in [1.807, 2.05) is 32.9 Å². The highest BCUT2D eigenvalue weighted by atomic mass is 16.1. The molecule has 1 rings (SSSR count). The lowest BCUT2D eigenvalue weighted by atomic mass is 9.83. The van der Waals surface area contributed by atoms with Crippen LogP contribution in [0, 0.1) is 17.8 Å². The lowest BCUT2D eigenvalue weighted by Gasteiger charge is -2.21. The smallest absolute Gasteiger partial charge is 0.168 e. The van der Waals surface area contributed by atoms with Crippen LogP contribution in [-0.2, 0) is 6.42 Å². The zero-order valence-electron chi connectivity index (χ0n) is 12.8. The van der Waals surface area contributed by atoms with Gasteiger partial charge in [-0.3, -0.25) is 4.79 Å². The van der Waals surface area contributed by atoms with E-state index in [2.05, 4.69) is 33.8 Å². The zero-order valence-corrected chi connectivity index (χ0v) is 12.8. The average molecular weight is 246 g/mol. The third-order valence-corrected chi connectivity index (χ3v) is 3.01. The van der Waals surface area contributed by atoms with Crippen LogP contribution >= 0.6 is 0 Å². The van der Waals surface area contributed by atoms with Crippen LogP contribution < -0.4 is 0 Å². The molecule has 0 atom stereocenters. The van der Waals surface area contributed by atoms with Crippen LogP contribution in [0.4, 0.5) is 0 Å². The first-order valence-corrected chi connectivity index (χ1v) is 6.65. The second-order valence-corrected chi connectivity index (χ2v) is 7.46. The highest BCUT2D eigenvalue weighted by Crippen LogP contribution is 2.26. The van der Waals surface area contributed by atoms with Crippen LogP contribution in [0.3, 0.4) is 0 Å². The zero-order chi connectivity index (χ0) is 14.1. The molecule has 1 aromatic carbocycles. The van der Waals surface area contributed by atoms with Gasteiger partial charge in [0.15, 0.2) is 5.78 Å². The SMILES string of the molecule is Cc1cc(C(=O)C(C)(C)C)ccc1CC(C)(C)C. The number of rotatable bonds is 2. The number of aryl methyl sites for hydroxylation is 1. The molecule has 0 saturated heterocycles. The summed E-state index contributed by atoms with van der Waals surface area (Å²) in [6.07, 6.45) is 1.04. The fourth-order valence-electron chi connectivity index (χ4n) is 2.04. The molecule has 0 radical (unpaired) electrons. The van der Waals surface area contributed by atoms with Crippen molar-refractivity contribution in [2.24, 2.45) is 10.8 Å². The summed E-state index contributed by atoms with van der Waals surface area (Å²) in [7, 11) is 0. The van der Waals surface area contributed by atoms with Gasteiger partial charge in [-0.1, -0.05) is 53.7 Å². The van der Waals surface area contributed by atoms with Gasteiger partial charge in [0, 0.05) is 11.0 Å². The third kappa shape index (κ3) is 3.97. The molecule has 0 aliphatic rings. The van der Waals surface area contributed by atoms with Crippen molar-refractivity contribution >= 4 is 5.78 Å². The van der Waals surface area contributed by atoms with Gasteiger partial charge in [-0.15, -0.1) is 0 Å². The monoisotopic (exact) mass is 246 g/mol. The molecule has 0 N–H and O–H groups in total. The fraction of sp³-hybridized carbons (Fsp3) is 0.588. The Kier molecular flexibility index (Phi) is 4.05. The Morgan fingerprint density at radius 2 is 1.61 bits per heavy atom. The van der Waals surface area contributed by atoms with Crippen molar-refractivity contribution in [1.82, 2.24) is 0 Å². The molecule has 100 valence electrons. The first kappa shape index (κ1) is 14.9. The van der Waals surface area contributed by atoms with Crippen LogP contribution in [0.2, 0.25) is 0 Å². The summed E-state index contributed by atoms with van der Waals surface area (Å²) in [4.78, 5) is 12.2. The minimum atomic E-state index is -0.308. The Balaban J connectivity index is 3.04. The molecule has 18 heavy (non-hydrogen) atoms. The molecule has 0 unspecified atom stereocenters. The van der Waals surface area contributed by atoms with Crippen molar-refractivity contribution in [2.45, 2.75) is 54.9 Å². The normalized spacial score (nSPS) is 12.6. The number of carbonyl (C=O) groups is 1. The molecular weight excluding hydrogens is 220 g/mol. The number of hydrogen-bond acceptors (Lipinski definition) is 1. The summed E-state index contributed by atoms with van der Waals surface area (Å²) in [6.45, 7) is 14.7. The first-order chi connectivity index (χ1) is 8.00. The van der Waals surface area contributed by atoms with Crippen LogP contribution in [0.1, 0.15) is 63.0 Å². The predicted molar refractivity (Wildman–Crippen MR) is 78.1 cm³/mol. The van der Waals surface area contributed by atoms with E-state index < -0.39 is 0 Å². The fourth-order valence-corrected chi connectivity index (χ4v) is 2.04. The van der Waals surface area contributed by atoms with Crippen molar-refractivity contribution in [1.29, 1.82) is 0 Å². The molecule has 0 aliphatic heterocycles. The molecule has 0 aliphatic carbocycles. The minimum Gasteiger partial charge on any atom is -0.294 e. The van der Waals surface area contributed by atoms with Crippen molar-refractivity contribution in [2.75, 3.05) is 0 Å². The maximum Gasteiger partial charge on any atom is 0.168 e. The van der Waals surface area contributed by atoms with Gasteiger partial charge in [0.1, 0.15) is 0 Å². The summed E-state index contributed by atoms with van der Waals surface area (Å²) in [5.41, 5.74) is 3.36. The average Bonchev–Trinajstić information content (AvgIpc) is 2.16. The maximum absolute atomic E-state index is 12.2. The highest BCUT2D eigenvalue weighted by molar-refractivity contribution is 6.00. The Morgan fingerprint density at radius 3 is 2.00 bits per heavy atom. The largest absolute Gasteiger partial charge is 0.294 e. The molecule has 1 nitrogen and oxygen atoms in total. The van der Waals surface area contributed by atoms with Crippen LogP contribution in [-0.4, -0.2) is 5.78 Å². The van der Waals surface area contributed by atoms with Crippen LogP contribution in [0.15, 0.2) is 18.2 Å². The number of Topliss-reactive ketones (excluding diaryl/α,β-unsaturated/α-hetero) is 1. The van der Waals surface area contributed by atoms with E-state index in [1.54, 1.807) is 0 Å². The van der Waals surface area contributed by atoms with E-state index in [1.165, 1.54) is 11.1 Å². The molecule has 1 aromatic rings. The Bertz CT molecular complexity index is 442. The number of benzene rings is 1. The van der Waals surface area contributed by atoms with Gasteiger partial charge in [-0.2, -0.15) is 0 Å². The lowest BCUT2D eigenvalue weighted by Crippen LogP contribution is -2.20. The van der Waals surface area contributed by atoms with E-state index in [0.29, 0.717) is 0 Å². The van der Waals surface area contributed by atoms with Crippen molar-refractivity contribution in [3.8, 4) is 0 Å². The number of ketones is 1.